The molecule has 0 aromatic heterocycles. The van der Waals surface area contributed by atoms with Crippen molar-refractivity contribution in [3.63, 3.8) is 0 Å². The summed E-state index contributed by atoms with van der Waals surface area (Å²) in [6, 6.07) is 1.25. The predicted molar refractivity (Wildman–Crippen MR) is 68.2 cm³/mol. The molecule has 1 nitrogen and oxygen atoms in total. The highest BCUT2D eigenvalue weighted by molar-refractivity contribution is 7.84. The number of rotatable bonds is 6. The first kappa shape index (κ1) is 13.7. The van der Waals surface area contributed by atoms with Crippen LogP contribution in [-0.4, -0.2) is 34.5 Å². The van der Waals surface area contributed by atoms with E-state index >= 15 is 0 Å². The monoisotopic (exact) mass is 221 g/mol. The molecule has 0 aromatic carbocycles. The normalized spacial score (nSPS) is 14.5. The van der Waals surface area contributed by atoms with Crippen molar-refractivity contribution in [3.05, 3.63) is 0 Å². The Labute approximate surface area is 94.1 Å². The second-order valence-corrected chi connectivity index (χ2v) is 5.15. The fourth-order valence-corrected chi connectivity index (χ4v) is 1.80. The van der Waals surface area contributed by atoms with Crippen molar-refractivity contribution in [2.75, 3.05) is 12.3 Å². The molecule has 0 fully saturated rings. The molecule has 0 aliphatic carbocycles. The van der Waals surface area contributed by atoms with Gasteiger partial charge in [-0.25, -0.2) is 0 Å². The highest BCUT2D eigenvalue weighted by Crippen LogP contribution is 2.10. The van der Waals surface area contributed by atoms with Gasteiger partial charge in [-0.1, -0.05) is 0 Å². The summed E-state index contributed by atoms with van der Waals surface area (Å²) in [6.07, 6.45) is 1.13. The average molecular weight is 221 g/mol. The summed E-state index contributed by atoms with van der Waals surface area (Å²) >= 11 is 8.67. The average Bonchev–Trinajstić information content (AvgIpc) is 2.03. The molecule has 1 atom stereocenters. The van der Waals surface area contributed by atoms with Crippen molar-refractivity contribution < 1.29 is 0 Å². The molecule has 0 saturated heterocycles. The maximum absolute atomic E-state index is 4.44. The lowest BCUT2D eigenvalue weighted by Gasteiger charge is -2.31. The number of hydrogen-bond donors (Lipinski definition) is 2. The first-order valence-corrected chi connectivity index (χ1v) is 6.18. The van der Waals surface area contributed by atoms with Gasteiger partial charge in [0.15, 0.2) is 0 Å². The SMILES string of the molecule is CC(C)N(CCC(S)CS)C(C)C. The third-order valence-electron chi connectivity index (χ3n) is 2.26. The summed E-state index contributed by atoms with van der Waals surface area (Å²) in [5.74, 6) is 0.868. The van der Waals surface area contributed by atoms with Crippen molar-refractivity contribution in [1.82, 2.24) is 4.90 Å². The van der Waals surface area contributed by atoms with E-state index in [0.717, 1.165) is 18.7 Å². The van der Waals surface area contributed by atoms with Gasteiger partial charge in [-0.3, -0.25) is 4.90 Å². The van der Waals surface area contributed by atoms with Crippen LogP contribution in [0.15, 0.2) is 0 Å². The molecule has 0 N–H and O–H groups in total. The standard InChI is InChI=1S/C10H23NS2/c1-8(2)11(9(3)4)6-5-10(13)7-12/h8-10,12-13H,5-7H2,1-4H3. The Hall–Kier alpha value is 0.660. The second-order valence-electron chi connectivity index (χ2n) is 4.05. The zero-order chi connectivity index (χ0) is 10.4. The maximum Gasteiger partial charge on any atom is 0.0117 e. The topological polar surface area (TPSA) is 3.24 Å². The van der Waals surface area contributed by atoms with Gasteiger partial charge in [0.05, 0.1) is 0 Å². The Morgan fingerprint density at radius 2 is 1.54 bits per heavy atom. The Kier molecular flexibility index (Phi) is 7.37. The molecule has 0 aliphatic heterocycles. The first-order valence-electron chi connectivity index (χ1n) is 5.03. The fourth-order valence-electron chi connectivity index (χ4n) is 1.50. The fraction of sp³-hybridized carbons (Fsp3) is 1.00. The van der Waals surface area contributed by atoms with Gasteiger partial charge in [0.25, 0.3) is 0 Å². The summed E-state index contributed by atoms with van der Waals surface area (Å²) in [7, 11) is 0. The van der Waals surface area contributed by atoms with E-state index in [9.17, 15) is 0 Å². The minimum atomic E-state index is 0.434. The molecular weight excluding hydrogens is 198 g/mol. The van der Waals surface area contributed by atoms with E-state index in [4.69, 9.17) is 0 Å². The van der Waals surface area contributed by atoms with Crippen LogP contribution in [0.2, 0.25) is 0 Å². The molecule has 0 rings (SSSR count). The quantitative estimate of drug-likeness (QED) is 0.652. The molecule has 0 aromatic rings. The molecule has 0 amide bonds. The third kappa shape index (κ3) is 5.87. The molecule has 0 heterocycles. The Morgan fingerprint density at radius 3 is 1.85 bits per heavy atom. The lowest BCUT2D eigenvalue weighted by molar-refractivity contribution is 0.173. The minimum Gasteiger partial charge on any atom is -0.299 e. The van der Waals surface area contributed by atoms with E-state index in [0.29, 0.717) is 17.3 Å². The summed E-state index contributed by atoms with van der Waals surface area (Å²) in [4.78, 5) is 2.49. The lowest BCUT2D eigenvalue weighted by Crippen LogP contribution is -2.38. The highest BCUT2D eigenvalue weighted by atomic mass is 32.1. The maximum atomic E-state index is 4.44. The van der Waals surface area contributed by atoms with Crippen LogP contribution in [0, 0.1) is 0 Å². The molecule has 0 radical (unpaired) electrons. The van der Waals surface area contributed by atoms with Crippen LogP contribution >= 0.6 is 25.3 Å². The van der Waals surface area contributed by atoms with Crippen molar-refractivity contribution >= 4 is 25.3 Å². The van der Waals surface area contributed by atoms with Crippen LogP contribution in [0.1, 0.15) is 34.1 Å². The van der Waals surface area contributed by atoms with E-state index < -0.39 is 0 Å². The Balaban J connectivity index is 3.83. The molecule has 0 bridgehead atoms. The van der Waals surface area contributed by atoms with E-state index in [-0.39, 0.29) is 0 Å². The molecule has 0 spiro atoms. The van der Waals surface area contributed by atoms with E-state index in [1.54, 1.807) is 0 Å². The van der Waals surface area contributed by atoms with Crippen LogP contribution in [-0.2, 0) is 0 Å². The zero-order valence-electron chi connectivity index (χ0n) is 9.20. The van der Waals surface area contributed by atoms with Crippen molar-refractivity contribution in [2.45, 2.75) is 51.4 Å². The number of hydrogen-bond acceptors (Lipinski definition) is 3. The van der Waals surface area contributed by atoms with Gasteiger partial charge in [0, 0.05) is 23.1 Å². The van der Waals surface area contributed by atoms with Crippen LogP contribution in [0.4, 0.5) is 0 Å². The van der Waals surface area contributed by atoms with Crippen LogP contribution < -0.4 is 0 Å². The molecule has 0 saturated carbocycles. The summed E-state index contributed by atoms with van der Waals surface area (Å²) in [6.45, 7) is 10.1. The van der Waals surface area contributed by atoms with Gasteiger partial charge < -0.3 is 0 Å². The van der Waals surface area contributed by atoms with Gasteiger partial charge in [-0.2, -0.15) is 25.3 Å². The molecule has 0 aliphatic rings. The van der Waals surface area contributed by atoms with Gasteiger partial charge in [0.1, 0.15) is 0 Å². The van der Waals surface area contributed by atoms with Gasteiger partial charge in [-0.05, 0) is 40.7 Å². The molecule has 13 heavy (non-hydrogen) atoms. The molecule has 3 heteroatoms. The van der Waals surface area contributed by atoms with Gasteiger partial charge >= 0.3 is 0 Å². The van der Waals surface area contributed by atoms with Crippen LogP contribution in [0.25, 0.3) is 0 Å². The van der Waals surface area contributed by atoms with Crippen LogP contribution in [0.5, 0.6) is 0 Å². The lowest BCUT2D eigenvalue weighted by atomic mass is 10.2. The first-order chi connectivity index (χ1) is 5.99. The third-order valence-corrected chi connectivity index (χ3v) is 3.43. The number of nitrogens with zero attached hydrogens (tertiary/aromatic N) is 1. The zero-order valence-corrected chi connectivity index (χ0v) is 11.0. The highest BCUT2D eigenvalue weighted by Gasteiger charge is 2.13. The van der Waals surface area contributed by atoms with Crippen molar-refractivity contribution in [1.29, 1.82) is 0 Å². The smallest absolute Gasteiger partial charge is 0.0117 e. The summed E-state index contributed by atoms with van der Waals surface area (Å²) in [5, 5.41) is 0.434. The number of thiol groups is 2. The molecule has 1 unspecified atom stereocenters. The van der Waals surface area contributed by atoms with Gasteiger partial charge in [0.2, 0.25) is 0 Å². The second kappa shape index (κ2) is 7.02. The molecular formula is C10H23NS2. The Bertz CT molecular complexity index is 118. The van der Waals surface area contributed by atoms with Gasteiger partial charge in [-0.15, -0.1) is 0 Å². The van der Waals surface area contributed by atoms with Crippen molar-refractivity contribution in [2.24, 2.45) is 0 Å². The summed E-state index contributed by atoms with van der Waals surface area (Å²) in [5.41, 5.74) is 0. The summed E-state index contributed by atoms with van der Waals surface area (Å²) < 4.78 is 0. The predicted octanol–water partition coefficient (Wildman–Crippen LogP) is 2.72. The molecule has 80 valence electrons. The van der Waals surface area contributed by atoms with E-state index in [1.807, 2.05) is 0 Å². The van der Waals surface area contributed by atoms with Crippen LogP contribution in [0.3, 0.4) is 0 Å². The largest absolute Gasteiger partial charge is 0.299 e. The minimum absolute atomic E-state index is 0.434. The van der Waals surface area contributed by atoms with E-state index in [1.165, 1.54) is 0 Å². The van der Waals surface area contributed by atoms with E-state index in [2.05, 4.69) is 57.9 Å². The Morgan fingerprint density at radius 1 is 1.08 bits per heavy atom. The van der Waals surface area contributed by atoms with Crippen molar-refractivity contribution in [3.8, 4) is 0 Å².